The molecule has 0 fully saturated rings. The third kappa shape index (κ3) is 4.49. The van der Waals surface area contributed by atoms with Crippen molar-refractivity contribution >= 4 is 17.8 Å². The van der Waals surface area contributed by atoms with E-state index in [4.69, 9.17) is 10.8 Å². The molecule has 6 nitrogen and oxygen atoms in total. The van der Waals surface area contributed by atoms with E-state index >= 15 is 0 Å². The third-order valence-corrected chi connectivity index (χ3v) is 5.24. The number of hydrogen-bond acceptors (Lipinski definition) is 5. The van der Waals surface area contributed by atoms with Crippen LogP contribution in [-0.4, -0.2) is 43.4 Å². The van der Waals surface area contributed by atoms with Crippen molar-refractivity contribution in [3.05, 3.63) is 94.8 Å². The van der Waals surface area contributed by atoms with Crippen LogP contribution in [0.4, 0.5) is 0 Å². The molecule has 1 unspecified atom stereocenters. The number of nitrogens with one attached hydrogen (secondary N) is 4. The Hall–Kier alpha value is -3.67. The summed E-state index contributed by atoms with van der Waals surface area (Å²) < 4.78 is 0. The van der Waals surface area contributed by atoms with E-state index in [9.17, 15) is 4.79 Å². The first-order valence-corrected chi connectivity index (χ1v) is 9.87. The van der Waals surface area contributed by atoms with E-state index in [1.54, 1.807) is 25.1 Å². The Bertz CT molecular complexity index is 994. The van der Waals surface area contributed by atoms with Gasteiger partial charge in [-0.2, -0.15) is 0 Å². The molecule has 0 aliphatic carbocycles. The molecule has 0 saturated carbocycles. The Morgan fingerprint density at radius 3 is 2.47 bits per heavy atom. The molecule has 2 aromatic carbocycles. The van der Waals surface area contributed by atoms with Crippen LogP contribution in [0.15, 0.2) is 78.1 Å². The molecule has 3 rings (SSSR count). The van der Waals surface area contributed by atoms with Crippen LogP contribution in [-0.2, 0) is 11.3 Å². The molecular weight excluding hydrogens is 374 g/mol. The second-order valence-corrected chi connectivity index (χ2v) is 7.10. The van der Waals surface area contributed by atoms with Crippen LogP contribution in [0.3, 0.4) is 0 Å². The number of nitrogens with zero attached hydrogens (tertiary/aromatic N) is 1. The van der Waals surface area contributed by atoms with Gasteiger partial charge in [-0.15, -0.1) is 0 Å². The minimum atomic E-state index is -0.161. The lowest BCUT2D eigenvalue weighted by Crippen LogP contribution is -2.42. The Kier molecular flexibility index (Phi) is 6.80. The van der Waals surface area contributed by atoms with Gasteiger partial charge in [-0.1, -0.05) is 54.6 Å². The molecule has 1 atom stereocenters. The minimum Gasteiger partial charge on any atom is -0.394 e. The lowest BCUT2D eigenvalue weighted by Gasteiger charge is -2.35. The zero-order chi connectivity index (χ0) is 21.5. The van der Waals surface area contributed by atoms with Gasteiger partial charge < -0.3 is 26.4 Å². The highest BCUT2D eigenvalue weighted by Crippen LogP contribution is 2.33. The van der Waals surface area contributed by atoms with Crippen LogP contribution >= 0.6 is 0 Å². The van der Waals surface area contributed by atoms with Crippen molar-refractivity contribution < 1.29 is 4.79 Å². The maximum absolute atomic E-state index is 13.3. The SMILES string of the molecule is CN/C=C(\C=N)C1CN(C(=O)/C(=C/C(=N)c2ccccc2)NC)Cc2ccccc21. The Morgan fingerprint density at radius 2 is 1.80 bits per heavy atom. The number of carbonyl (C=O) groups excluding carboxylic acids is 1. The fourth-order valence-corrected chi connectivity index (χ4v) is 3.71. The Balaban J connectivity index is 1.91. The molecule has 0 bridgehead atoms. The summed E-state index contributed by atoms with van der Waals surface area (Å²) in [4.78, 5) is 15.1. The van der Waals surface area contributed by atoms with Crippen LogP contribution in [0.1, 0.15) is 22.6 Å². The van der Waals surface area contributed by atoms with E-state index in [0.717, 1.165) is 22.3 Å². The van der Waals surface area contributed by atoms with Crippen molar-refractivity contribution in [1.82, 2.24) is 15.5 Å². The fraction of sp³-hybridized carbons (Fsp3) is 0.208. The van der Waals surface area contributed by atoms with Gasteiger partial charge in [-0.3, -0.25) is 4.79 Å². The average Bonchev–Trinajstić information content (AvgIpc) is 2.80. The highest BCUT2D eigenvalue weighted by molar-refractivity contribution is 6.10. The summed E-state index contributed by atoms with van der Waals surface area (Å²) in [5, 5.41) is 22.1. The van der Waals surface area contributed by atoms with Crippen molar-refractivity contribution in [2.24, 2.45) is 0 Å². The van der Waals surface area contributed by atoms with E-state index in [2.05, 4.69) is 16.7 Å². The topological polar surface area (TPSA) is 92.1 Å². The molecule has 1 aliphatic heterocycles. The van der Waals surface area contributed by atoms with Gasteiger partial charge in [0.05, 0.1) is 5.71 Å². The molecule has 1 heterocycles. The summed E-state index contributed by atoms with van der Waals surface area (Å²) in [6.45, 7) is 0.963. The third-order valence-electron chi connectivity index (χ3n) is 5.24. The quantitative estimate of drug-likeness (QED) is 0.424. The first-order valence-electron chi connectivity index (χ1n) is 9.87. The summed E-state index contributed by atoms with van der Waals surface area (Å²) in [6.07, 6.45) is 4.72. The maximum atomic E-state index is 13.3. The molecule has 30 heavy (non-hydrogen) atoms. The number of amides is 1. The van der Waals surface area contributed by atoms with E-state index in [1.165, 1.54) is 6.21 Å². The Morgan fingerprint density at radius 1 is 1.10 bits per heavy atom. The van der Waals surface area contributed by atoms with E-state index in [0.29, 0.717) is 18.8 Å². The standard InChI is InChI=1S/C24H27N5O/c1-27-14-19(13-25)21-16-29(15-18-10-6-7-11-20(18)21)24(30)23(28-2)12-22(26)17-8-4-3-5-9-17/h3-14,21,25-28H,15-16H2,1-2H3/b19-14+,23-12-,25-13?,26-22?. The van der Waals surface area contributed by atoms with Crippen molar-refractivity contribution in [3.63, 3.8) is 0 Å². The molecule has 1 amide bonds. The van der Waals surface area contributed by atoms with Crippen LogP contribution in [0, 0.1) is 10.8 Å². The predicted octanol–water partition coefficient (Wildman–Crippen LogP) is 3.04. The molecule has 0 spiro atoms. The zero-order valence-corrected chi connectivity index (χ0v) is 17.3. The number of benzene rings is 2. The molecular formula is C24H27N5O. The minimum absolute atomic E-state index is 0.0875. The average molecular weight is 402 g/mol. The summed E-state index contributed by atoms with van der Waals surface area (Å²) >= 11 is 0. The van der Waals surface area contributed by atoms with Gasteiger partial charge in [0.25, 0.3) is 5.91 Å². The van der Waals surface area contributed by atoms with E-state index < -0.39 is 0 Å². The van der Waals surface area contributed by atoms with Gasteiger partial charge in [-0.05, 0) is 28.3 Å². The van der Waals surface area contributed by atoms with Gasteiger partial charge >= 0.3 is 0 Å². The molecule has 0 saturated heterocycles. The van der Waals surface area contributed by atoms with E-state index in [1.807, 2.05) is 54.7 Å². The second-order valence-electron chi connectivity index (χ2n) is 7.10. The van der Waals surface area contributed by atoms with Gasteiger partial charge in [-0.25, -0.2) is 0 Å². The van der Waals surface area contributed by atoms with Crippen LogP contribution < -0.4 is 10.6 Å². The number of fused-ring (bicyclic) bond motifs is 1. The summed E-state index contributed by atoms with van der Waals surface area (Å²) in [6, 6.07) is 17.4. The summed E-state index contributed by atoms with van der Waals surface area (Å²) in [5.41, 5.74) is 4.42. The van der Waals surface area contributed by atoms with Crippen LogP contribution in [0.2, 0.25) is 0 Å². The fourth-order valence-electron chi connectivity index (χ4n) is 3.71. The highest BCUT2D eigenvalue weighted by atomic mass is 16.2. The number of allylic oxidation sites excluding steroid dienone is 1. The molecule has 0 radical (unpaired) electrons. The molecule has 1 aliphatic rings. The van der Waals surface area contributed by atoms with Gasteiger partial charge in [0, 0.05) is 45.5 Å². The van der Waals surface area contributed by atoms with Crippen LogP contribution in [0.25, 0.3) is 0 Å². The number of carbonyl (C=O) groups is 1. The molecule has 154 valence electrons. The zero-order valence-electron chi connectivity index (χ0n) is 17.3. The Labute approximate surface area is 177 Å². The normalized spacial score (nSPS) is 16.5. The van der Waals surface area contributed by atoms with E-state index in [-0.39, 0.29) is 17.5 Å². The first-order chi connectivity index (χ1) is 14.6. The lowest BCUT2D eigenvalue weighted by atomic mass is 9.85. The number of likely N-dealkylation sites (N-methyl/N-ethyl adjacent to an activating group) is 1. The molecule has 2 aromatic rings. The lowest BCUT2D eigenvalue weighted by molar-refractivity contribution is -0.128. The maximum Gasteiger partial charge on any atom is 0.270 e. The second kappa shape index (κ2) is 9.69. The molecule has 6 heteroatoms. The summed E-state index contributed by atoms with van der Waals surface area (Å²) in [5.74, 6) is -0.248. The van der Waals surface area contributed by atoms with Crippen molar-refractivity contribution in [3.8, 4) is 0 Å². The van der Waals surface area contributed by atoms with Crippen molar-refractivity contribution in [1.29, 1.82) is 10.8 Å². The van der Waals surface area contributed by atoms with Crippen molar-refractivity contribution in [2.45, 2.75) is 12.5 Å². The number of rotatable bonds is 7. The largest absolute Gasteiger partial charge is 0.394 e. The van der Waals surface area contributed by atoms with Gasteiger partial charge in [0.2, 0.25) is 0 Å². The van der Waals surface area contributed by atoms with Crippen molar-refractivity contribution in [2.75, 3.05) is 20.6 Å². The van der Waals surface area contributed by atoms with Gasteiger partial charge in [0.1, 0.15) is 5.70 Å². The smallest absolute Gasteiger partial charge is 0.270 e. The number of hydrogen-bond donors (Lipinski definition) is 4. The molecule has 4 N–H and O–H groups in total. The molecule has 0 aromatic heterocycles. The monoisotopic (exact) mass is 401 g/mol. The van der Waals surface area contributed by atoms with Crippen LogP contribution in [0.5, 0.6) is 0 Å². The highest BCUT2D eigenvalue weighted by Gasteiger charge is 2.31. The summed E-state index contributed by atoms with van der Waals surface area (Å²) in [7, 11) is 3.50. The first kappa shape index (κ1) is 21.0. The predicted molar refractivity (Wildman–Crippen MR) is 121 cm³/mol. The van der Waals surface area contributed by atoms with Gasteiger partial charge in [0.15, 0.2) is 0 Å².